The Labute approximate surface area is 146 Å². The van der Waals surface area contributed by atoms with Gasteiger partial charge in [-0.3, -0.25) is 0 Å². The van der Waals surface area contributed by atoms with Crippen LogP contribution >= 0.6 is 0 Å². The average Bonchev–Trinajstić information content (AvgIpc) is 2.98. The fourth-order valence-corrected chi connectivity index (χ4v) is 3.51. The molecule has 1 aromatic heterocycles. The van der Waals surface area contributed by atoms with Crippen LogP contribution in [0.15, 0.2) is 59.6 Å². The Kier molecular flexibility index (Phi) is 4.76. The van der Waals surface area contributed by atoms with Crippen LogP contribution in [0.5, 0.6) is 0 Å². The van der Waals surface area contributed by atoms with Gasteiger partial charge in [0, 0.05) is 23.6 Å². The standard InChI is InChI=1S/C18H19N3O3S/c1-13-6-8-15(9-7-13)25(23,24)21-18(22)19-11-10-14-12-20-17-5-3-2-4-16(14)17/h2-9,12,20H,10-11H2,1H3,(H2,19,21,22). The van der Waals surface area contributed by atoms with Crippen molar-refractivity contribution in [1.29, 1.82) is 0 Å². The number of fused-ring (bicyclic) bond motifs is 1. The number of aromatic nitrogens is 1. The smallest absolute Gasteiger partial charge is 0.328 e. The second-order valence-corrected chi connectivity index (χ2v) is 7.47. The number of carbonyl (C=O) groups excluding carboxylic acids is 1. The number of urea groups is 1. The van der Waals surface area contributed by atoms with E-state index in [1.165, 1.54) is 12.1 Å². The SMILES string of the molecule is Cc1ccc(S(=O)(=O)NC(=O)NCCc2c[nH]c3ccccc23)cc1. The van der Waals surface area contributed by atoms with E-state index in [-0.39, 0.29) is 4.90 Å². The first-order valence-corrected chi connectivity index (χ1v) is 9.36. The molecule has 7 heteroatoms. The Morgan fingerprint density at radius 1 is 1.08 bits per heavy atom. The van der Waals surface area contributed by atoms with Gasteiger partial charge >= 0.3 is 6.03 Å². The molecule has 6 nitrogen and oxygen atoms in total. The Bertz CT molecular complexity index is 992. The van der Waals surface area contributed by atoms with Crippen LogP contribution in [-0.4, -0.2) is 26.0 Å². The van der Waals surface area contributed by atoms with Crippen molar-refractivity contribution < 1.29 is 13.2 Å². The highest BCUT2D eigenvalue weighted by molar-refractivity contribution is 7.90. The number of H-pyrrole nitrogens is 1. The van der Waals surface area contributed by atoms with Crippen LogP contribution < -0.4 is 10.0 Å². The van der Waals surface area contributed by atoms with Crippen molar-refractivity contribution in [2.45, 2.75) is 18.2 Å². The number of hydrogen-bond acceptors (Lipinski definition) is 3. The van der Waals surface area contributed by atoms with Gasteiger partial charge in [-0.1, -0.05) is 35.9 Å². The largest absolute Gasteiger partial charge is 0.361 e. The highest BCUT2D eigenvalue weighted by atomic mass is 32.2. The summed E-state index contributed by atoms with van der Waals surface area (Å²) in [5.41, 5.74) is 3.04. The number of hydrogen-bond donors (Lipinski definition) is 3. The molecule has 1 heterocycles. The first kappa shape index (κ1) is 17.0. The molecule has 0 unspecified atom stereocenters. The third-order valence-electron chi connectivity index (χ3n) is 3.91. The lowest BCUT2D eigenvalue weighted by Gasteiger charge is -2.08. The van der Waals surface area contributed by atoms with Crippen LogP contribution in [0.1, 0.15) is 11.1 Å². The van der Waals surface area contributed by atoms with Crippen LogP contribution in [0.25, 0.3) is 10.9 Å². The number of amides is 2. The van der Waals surface area contributed by atoms with E-state index < -0.39 is 16.1 Å². The monoisotopic (exact) mass is 357 g/mol. The molecular weight excluding hydrogens is 338 g/mol. The number of sulfonamides is 1. The van der Waals surface area contributed by atoms with Crippen molar-refractivity contribution in [3.8, 4) is 0 Å². The van der Waals surface area contributed by atoms with Crippen LogP contribution in [0, 0.1) is 6.92 Å². The van der Waals surface area contributed by atoms with Gasteiger partial charge < -0.3 is 10.3 Å². The van der Waals surface area contributed by atoms with Crippen LogP contribution in [-0.2, 0) is 16.4 Å². The number of aromatic amines is 1. The summed E-state index contributed by atoms with van der Waals surface area (Å²) in [5.74, 6) is 0. The zero-order chi connectivity index (χ0) is 17.9. The molecule has 130 valence electrons. The Hall–Kier alpha value is -2.80. The van der Waals surface area contributed by atoms with Gasteiger partial charge in [0.1, 0.15) is 0 Å². The predicted molar refractivity (Wildman–Crippen MR) is 96.9 cm³/mol. The maximum absolute atomic E-state index is 12.1. The van der Waals surface area contributed by atoms with E-state index in [0.717, 1.165) is 22.0 Å². The maximum Gasteiger partial charge on any atom is 0.328 e. The summed E-state index contributed by atoms with van der Waals surface area (Å²) < 4.78 is 26.3. The molecule has 2 aromatic carbocycles. The summed E-state index contributed by atoms with van der Waals surface area (Å²) in [7, 11) is -3.86. The summed E-state index contributed by atoms with van der Waals surface area (Å²) in [6, 6.07) is 13.5. The fourth-order valence-electron chi connectivity index (χ4n) is 2.58. The van der Waals surface area contributed by atoms with Gasteiger partial charge in [-0.15, -0.1) is 0 Å². The fraction of sp³-hybridized carbons (Fsp3) is 0.167. The molecule has 3 N–H and O–H groups in total. The molecule has 0 atom stereocenters. The first-order valence-electron chi connectivity index (χ1n) is 7.88. The van der Waals surface area contributed by atoms with E-state index in [1.807, 2.05) is 42.1 Å². The number of rotatable bonds is 5. The number of carbonyl (C=O) groups is 1. The van der Waals surface area contributed by atoms with Gasteiger partial charge in [0.25, 0.3) is 10.0 Å². The summed E-state index contributed by atoms with van der Waals surface area (Å²) in [5, 5.41) is 3.67. The Morgan fingerprint density at radius 2 is 1.80 bits per heavy atom. The minimum atomic E-state index is -3.86. The van der Waals surface area contributed by atoms with Crippen molar-refractivity contribution in [2.24, 2.45) is 0 Å². The summed E-state index contributed by atoms with van der Waals surface area (Å²) in [6.07, 6.45) is 2.50. The first-order chi connectivity index (χ1) is 12.0. The predicted octanol–water partition coefficient (Wildman–Crippen LogP) is 2.71. The number of benzene rings is 2. The molecule has 25 heavy (non-hydrogen) atoms. The second-order valence-electron chi connectivity index (χ2n) is 5.78. The molecule has 3 rings (SSSR count). The lowest BCUT2D eigenvalue weighted by Crippen LogP contribution is -2.40. The molecule has 0 aliphatic rings. The van der Waals surface area contributed by atoms with Crippen molar-refractivity contribution in [3.63, 3.8) is 0 Å². The van der Waals surface area contributed by atoms with Gasteiger partial charge in [-0.2, -0.15) is 0 Å². The third-order valence-corrected chi connectivity index (χ3v) is 5.26. The summed E-state index contributed by atoms with van der Waals surface area (Å²) in [4.78, 5) is 15.1. The van der Waals surface area contributed by atoms with Gasteiger partial charge in [0.05, 0.1) is 4.90 Å². The average molecular weight is 357 g/mol. The van der Waals surface area contributed by atoms with Gasteiger partial charge in [0.2, 0.25) is 0 Å². The van der Waals surface area contributed by atoms with Crippen LogP contribution in [0.4, 0.5) is 4.79 Å². The van der Waals surface area contributed by atoms with Gasteiger partial charge in [0.15, 0.2) is 0 Å². The van der Waals surface area contributed by atoms with Crippen LogP contribution in [0.3, 0.4) is 0 Å². The van der Waals surface area contributed by atoms with E-state index in [9.17, 15) is 13.2 Å². The van der Waals surface area contributed by atoms with E-state index in [0.29, 0.717) is 13.0 Å². The highest BCUT2D eigenvalue weighted by Crippen LogP contribution is 2.17. The van der Waals surface area contributed by atoms with Gasteiger partial charge in [-0.25, -0.2) is 17.9 Å². The minimum absolute atomic E-state index is 0.0601. The molecule has 0 bridgehead atoms. The minimum Gasteiger partial charge on any atom is -0.361 e. The molecule has 2 amide bonds. The molecule has 0 aliphatic carbocycles. The van der Waals surface area contributed by atoms with Crippen molar-refractivity contribution in [2.75, 3.05) is 6.54 Å². The van der Waals surface area contributed by atoms with E-state index in [1.54, 1.807) is 12.1 Å². The lowest BCUT2D eigenvalue weighted by molar-refractivity contribution is 0.246. The zero-order valence-corrected chi connectivity index (χ0v) is 14.6. The molecule has 3 aromatic rings. The summed E-state index contributed by atoms with van der Waals surface area (Å²) in [6.45, 7) is 2.19. The molecular formula is C18H19N3O3S. The molecule has 0 aliphatic heterocycles. The van der Waals surface area contributed by atoms with Crippen molar-refractivity contribution in [1.82, 2.24) is 15.0 Å². The number of nitrogens with one attached hydrogen (secondary N) is 3. The molecule has 0 fully saturated rings. The van der Waals surface area contributed by atoms with E-state index >= 15 is 0 Å². The third kappa shape index (κ3) is 4.00. The lowest BCUT2D eigenvalue weighted by atomic mass is 10.1. The molecule has 0 saturated heterocycles. The Morgan fingerprint density at radius 3 is 2.56 bits per heavy atom. The molecule has 0 spiro atoms. The number of aryl methyl sites for hydroxylation is 1. The zero-order valence-electron chi connectivity index (χ0n) is 13.7. The second kappa shape index (κ2) is 6.98. The number of para-hydroxylation sites is 1. The van der Waals surface area contributed by atoms with E-state index in [4.69, 9.17) is 0 Å². The van der Waals surface area contributed by atoms with Crippen molar-refractivity contribution in [3.05, 3.63) is 65.9 Å². The molecule has 0 saturated carbocycles. The van der Waals surface area contributed by atoms with E-state index in [2.05, 4.69) is 10.3 Å². The quantitative estimate of drug-likeness (QED) is 0.656. The highest BCUT2D eigenvalue weighted by Gasteiger charge is 2.17. The van der Waals surface area contributed by atoms with Crippen molar-refractivity contribution >= 4 is 27.0 Å². The molecule has 0 radical (unpaired) electrons. The van der Waals surface area contributed by atoms with Crippen LogP contribution in [0.2, 0.25) is 0 Å². The summed E-state index contributed by atoms with van der Waals surface area (Å²) >= 11 is 0. The normalized spacial score (nSPS) is 11.4. The van der Waals surface area contributed by atoms with Gasteiger partial charge in [-0.05, 0) is 37.1 Å². The Balaban J connectivity index is 1.57. The maximum atomic E-state index is 12.1. The topological polar surface area (TPSA) is 91.1 Å².